The van der Waals surface area contributed by atoms with Crippen LogP contribution in [0.4, 0.5) is 8.78 Å². The van der Waals surface area contributed by atoms with Crippen molar-refractivity contribution in [3.05, 3.63) is 48.0 Å². The van der Waals surface area contributed by atoms with Gasteiger partial charge in [0.25, 0.3) is 5.92 Å². The third-order valence-corrected chi connectivity index (χ3v) is 1.83. The normalized spacial score (nSPS) is 11.3. The van der Waals surface area contributed by atoms with E-state index >= 15 is 0 Å². The van der Waals surface area contributed by atoms with Crippen molar-refractivity contribution in [2.24, 2.45) is 5.73 Å². The highest BCUT2D eigenvalue weighted by Crippen LogP contribution is 2.33. The van der Waals surface area contributed by atoms with Crippen LogP contribution in [0.1, 0.15) is 5.56 Å². The molecule has 0 bridgehead atoms. The molecule has 0 aromatic heterocycles. The Labute approximate surface area is 75.9 Å². The molecule has 0 unspecified atom stereocenters. The molecule has 0 saturated carbocycles. The van der Waals surface area contributed by atoms with Gasteiger partial charge >= 0.3 is 0 Å². The topological polar surface area (TPSA) is 26.0 Å². The van der Waals surface area contributed by atoms with Crippen molar-refractivity contribution in [3.8, 4) is 0 Å². The molecule has 1 nitrogen and oxygen atoms in total. The molecule has 1 aromatic rings. The molecule has 0 heterocycles. The maximum absolute atomic E-state index is 13.4. The average Bonchev–Trinajstić information content (AvgIpc) is 2.18. The van der Waals surface area contributed by atoms with Crippen molar-refractivity contribution in [2.45, 2.75) is 5.92 Å². The molecular weight excluding hydrogens is 172 g/mol. The Morgan fingerprint density at radius 2 is 1.85 bits per heavy atom. The van der Waals surface area contributed by atoms with E-state index in [1.807, 2.05) is 0 Å². The Bertz CT molecular complexity index is 293. The lowest BCUT2D eigenvalue weighted by Crippen LogP contribution is -2.21. The van der Waals surface area contributed by atoms with Crippen LogP contribution in [0.15, 0.2) is 42.5 Å². The van der Waals surface area contributed by atoms with Gasteiger partial charge in [0.05, 0.1) is 0 Å². The van der Waals surface area contributed by atoms with Crippen LogP contribution in [-0.4, -0.2) is 6.54 Å². The summed E-state index contributed by atoms with van der Waals surface area (Å²) in [6, 6.07) is 7.53. The third-order valence-electron chi connectivity index (χ3n) is 1.83. The van der Waals surface area contributed by atoms with Gasteiger partial charge in [-0.05, 0) is 0 Å². The van der Waals surface area contributed by atoms with Crippen molar-refractivity contribution in [1.82, 2.24) is 0 Å². The molecule has 0 aliphatic heterocycles. The summed E-state index contributed by atoms with van der Waals surface area (Å²) < 4.78 is 26.7. The largest absolute Gasteiger partial charge is 0.327 e. The standard InChI is InChI=1S/C10H11F2N/c1-8(7-13)10(11,12)9-5-3-2-4-6-9/h2-6H,1,7,13H2. The zero-order chi connectivity index (χ0) is 9.90. The van der Waals surface area contributed by atoms with Gasteiger partial charge in [-0.1, -0.05) is 36.9 Å². The first kappa shape index (κ1) is 9.86. The highest BCUT2D eigenvalue weighted by atomic mass is 19.3. The van der Waals surface area contributed by atoms with Gasteiger partial charge < -0.3 is 5.73 Å². The van der Waals surface area contributed by atoms with Gasteiger partial charge in [-0.15, -0.1) is 0 Å². The van der Waals surface area contributed by atoms with E-state index in [0.717, 1.165) is 0 Å². The molecular formula is C10H11F2N. The van der Waals surface area contributed by atoms with Crippen LogP contribution < -0.4 is 5.73 Å². The predicted octanol–water partition coefficient (Wildman–Crippen LogP) is 2.29. The second-order valence-corrected chi connectivity index (χ2v) is 2.75. The number of nitrogens with two attached hydrogens (primary N) is 1. The minimum Gasteiger partial charge on any atom is -0.327 e. The van der Waals surface area contributed by atoms with E-state index in [9.17, 15) is 8.78 Å². The fraction of sp³-hybridized carbons (Fsp3) is 0.200. The Kier molecular flexibility index (Phi) is 2.78. The fourth-order valence-corrected chi connectivity index (χ4v) is 0.980. The molecule has 70 valence electrons. The summed E-state index contributed by atoms with van der Waals surface area (Å²) in [7, 11) is 0. The third kappa shape index (κ3) is 1.92. The quantitative estimate of drug-likeness (QED) is 0.715. The lowest BCUT2D eigenvalue weighted by Gasteiger charge is -2.17. The molecule has 0 aliphatic carbocycles. The van der Waals surface area contributed by atoms with E-state index in [2.05, 4.69) is 6.58 Å². The van der Waals surface area contributed by atoms with E-state index in [1.165, 1.54) is 12.1 Å². The molecule has 0 radical (unpaired) electrons. The Balaban J connectivity index is 3.00. The van der Waals surface area contributed by atoms with Crippen LogP contribution in [-0.2, 0) is 5.92 Å². The second-order valence-electron chi connectivity index (χ2n) is 2.75. The Hall–Kier alpha value is -1.22. The number of hydrogen-bond donors (Lipinski definition) is 1. The van der Waals surface area contributed by atoms with Crippen LogP contribution in [0.2, 0.25) is 0 Å². The fourth-order valence-electron chi connectivity index (χ4n) is 0.980. The van der Waals surface area contributed by atoms with Crippen molar-refractivity contribution in [1.29, 1.82) is 0 Å². The molecule has 0 aliphatic rings. The minimum atomic E-state index is -3.02. The van der Waals surface area contributed by atoms with E-state index in [-0.39, 0.29) is 17.7 Å². The maximum Gasteiger partial charge on any atom is 0.295 e. The van der Waals surface area contributed by atoms with Gasteiger partial charge in [0.15, 0.2) is 0 Å². The first-order valence-corrected chi connectivity index (χ1v) is 3.90. The summed E-state index contributed by atoms with van der Waals surface area (Å²) in [5.41, 5.74) is 4.79. The summed E-state index contributed by atoms with van der Waals surface area (Å²) in [5, 5.41) is 0. The van der Waals surface area contributed by atoms with Gasteiger partial charge in [0, 0.05) is 17.7 Å². The molecule has 1 aromatic carbocycles. The van der Waals surface area contributed by atoms with Crippen LogP contribution in [0, 0.1) is 0 Å². The zero-order valence-corrected chi connectivity index (χ0v) is 7.13. The molecule has 0 spiro atoms. The lowest BCUT2D eigenvalue weighted by atomic mass is 10.0. The average molecular weight is 183 g/mol. The highest BCUT2D eigenvalue weighted by Gasteiger charge is 2.33. The van der Waals surface area contributed by atoms with Crippen LogP contribution in [0.5, 0.6) is 0 Å². The van der Waals surface area contributed by atoms with Crippen LogP contribution >= 0.6 is 0 Å². The van der Waals surface area contributed by atoms with Crippen LogP contribution in [0.3, 0.4) is 0 Å². The Morgan fingerprint density at radius 1 is 1.31 bits per heavy atom. The molecule has 0 fully saturated rings. The monoisotopic (exact) mass is 183 g/mol. The molecule has 2 N–H and O–H groups in total. The van der Waals surface area contributed by atoms with Gasteiger partial charge in [0.1, 0.15) is 0 Å². The molecule has 0 amide bonds. The van der Waals surface area contributed by atoms with Gasteiger partial charge in [-0.3, -0.25) is 0 Å². The minimum absolute atomic E-state index is 0.0644. The summed E-state index contributed by atoms with van der Waals surface area (Å²) >= 11 is 0. The summed E-state index contributed by atoms with van der Waals surface area (Å²) in [6.07, 6.45) is 0. The number of rotatable bonds is 3. The molecule has 1 rings (SSSR count). The SMILES string of the molecule is C=C(CN)C(F)(F)c1ccccc1. The molecule has 13 heavy (non-hydrogen) atoms. The van der Waals surface area contributed by atoms with Crippen LogP contribution in [0.25, 0.3) is 0 Å². The number of alkyl halides is 2. The number of halogens is 2. The van der Waals surface area contributed by atoms with Gasteiger partial charge in [0.2, 0.25) is 0 Å². The maximum atomic E-state index is 13.4. The highest BCUT2D eigenvalue weighted by molar-refractivity contribution is 5.28. The Morgan fingerprint density at radius 3 is 2.31 bits per heavy atom. The second kappa shape index (κ2) is 3.66. The van der Waals surface area contributed by atoms with Crippen molar-refractivity contribution in [3.63, 3.8) is 0 Å². The lowest BCUT2D eigenvalue weighted by molar-refractivity contribution is 0.0372. The van der Waals surface area contributed by atoms with Crippen molar-refractivity contribution < 1.29 is 8.78 Å². The van der Waals surface area contributed by atoms with Crippen molar-refractivity contribution in [2.75, 3.05) is 6.54 Å². The van der Waals surface area contributed by atoms with E-state index in [4.69, 9.17) is 5.73 Å². The van der Waals surface area contributed by atoms with Gasteiger partial charge in [-0.2, -0.15) is 8.78 Å². The zero-order valence-electron chi connectivity index (χ0n) is 7.13. The first-order valence-electron chi connectivity index (χ1n) is 3.90. The van der Waals surface area contributed by atoms with Crippen molar-refractivity contribution >= 4 is 0 Å². The van der Waals surface area contributed by atoms with E-state index in [1.54, 1.807) is 18.2 Å². The summed E-state index contributed by atoms with van der Waals surface area (Å²) in [4.78, 5) is 0. The molecule has 0 saturated heterocycles. The van der Waals surface area contributed by atoms with Gasteiger partial charge in [-0.25, -0.2) is 0 Å². The smallest absolute Gasteiger partial charge is 0.295 e. The summed E-state index contributed by atoms with van der Waals surface area (Å²) in [5.74, 6) is -3.02. The number of benzene rings is 1. The predicted molar refractivity (Wildman–Crippen MR) is 48.5 cm³/mol. The molecule has 0 atom stereocenters. The molecule has 3 heteroatoms. The summed E-state index contributed by atoms with van der Waals surface area (Å²) in [6.45, 7) is 3.04. The van der Waals surface area contributed by atoms with E-state index in [0.29, 0.717) is 0 Å². The number of hydrogen-bond acceptors (Lipinski definition) is 1. The first-order chi connectivity index (χ1) is 6.09. The van der Waals surface area contributed by atoms with E-state index < -0.39 is 5.92 Å².